The summed E-state index contributed by atoms with van der Waals surface area (Å²) in [5.41, 5.74) is 0.177. The van der Waals surface area contributed by atoms with E-state index in [-0.39, 0.29) is 5.41 Å². The third kappa shape index (κ3) is 3.65. The lowest BCUT2D eigenvalue weighted by Gasteiger charge is -2.55. The van der Waals surface area contributed by atoms with Gasteiger partial charge in [0.15, 0.2) is 11.8 Å². The predicted molar refractivity (Wildman–Crippen MR) is 89.2 cm³/mol. The molecule has 2 rings (SSSR count). The Kier molecular flexibility index (Phi) is 5.98. The van der Waals surface area contributed by atoms with Crippen LogP contribution in [0.2, 0.25) is 0 Å². The van der Waals surface area contributed by atoms with Gasteiger partial charge in [-0.3, -0.25) is 4.99 Å². The van der Waals surface area contributed by atoms with E-state index in [0.29, 0.717) is 30.4 Å². The molecule has 130 valence electrons. The van der Waals surface area contributed by atoms with E-state index in [0.717, 1.165) is 31.8 Å². The Bertz CT molecular complexity index is 524. The van der Waals surface area contributed by atoms with Crippen LogP contribution < -0.4 is 10.6 Å². The third-order valence-electron chi connectivity index (χ3n) is 4.99. The highest BCUT2D eigenvalue weighted by Crippen LogP contribution is 2.48. The fraction of sp³-hybridized carbons (Fsp3) is 0.812. The summed E-state index contributed by atoms with van der Waals surface area (Å²) in [6.45, 7) is 9.57. The van der Waals surface area contributed by atoms with Crippen LogP contribution in [0, 0.1) is 12.3 Å². The number of hydrogen-bond acceptors (Lipinski definition) is 5. The van der Waals surface area contributed by atoms with Gasteiger partial charge in [0.2, 0.25) is 5.89 Å². The fourth-order valence-corrected chi connectivity index (χ4v) is 3.52. The summed E-state index contributed by atoms with van der Waals surface area (Å²) in [7, 11) is 1.77. The van der Waals surface area contributed by atoms with Gasteiger partial charge >= 0.3 is 0 Å². The molecule has 0 unspecified atom stereocenters. The summed E-state index contributed by atoms with van der Waals surface area (Å²) in [6.07, 6.45) is 3.52. The molecular formula is C16H29N5O2. The Hall–Kier alpha value is -1.63. The van der Waals surface area contributed by atoms with Gasteiger partial charge in [0.25, 0.3) is 0 Å². The summed E-state index contributed by atoms with van der Waals surface area (Å²) in [6, 6.07) is 0.368. The third-order valence-corrected chi connectivity index (χ3v) is 4.99. The van der Waals surface area contributed by atoms with E-state index in [9.17, 15) is 0 Å². The number of aliphatic imine (C=N–C) groups is 1. The summed E-state index contributed by atoms with van der Waals surface area (Å²) in [5.74, 6) is 1.96. The largest absolute Gasteiger partial charge is 0.378 e. The van der Waals surface area contributed by atoms with Gasteiger partial charge in [-0.25, -0.2) is 0 Å². The molecule has 1 heterocycles. The van der Waals surface area contributed by atoms with Gasteiger partial charge in [-0.2, -0.15) is 4.98 Å². The second kappa shape index (κ2) is 7.77. The first kappa shape index (κ1) is 17.7. The quantitative estimate of drug-likeness (QED) is 0.590. The molecule has 1 aromatic heterocycles. The number of rotatable bonds is 7. The number of hydrogen-bond donors (Lipinski definition) is 2. The van der Waals surface area contributed by atoms with Gasteiger partial charge in [-0.15, -0.1) is 0 Å². The maximum absolute atomic E-state index is 5.92. The maximum atomic E-state index is 5.92. The molecule has 7 heteroatoms. The number of ether oxygens (including phenoxy) is 1. The van der Waals surface area contributed by atoms with Gasteiger partial charge < -0.3 is 19.9 Å². The lowest BCUT2D eigenvalue weighted by molar-refractivity contribution is -0.133. The van der Waals surface area contributed by atoms with Crippen LogP contribution in [-0.2, 0) is 11.3 Å². The minimum atomic E-state index is 0.177. The van der Waals surface area contributed by atoms with Crippen molar-refractivity contribution in [2.24, 2.45) is 10.4 Å². The summed E-state index contributed by atoms with van der Waals surface area (Å²) >= 11 is 0. The molecule has 0 aliphatic heterocycles. The van der Waals surface area contributed by atoms with Crippen molar-refractivity contribution in [3.8, 4) is 0 Å². The van der Waals surface area contributed by atoms with Gasteiger partial charge in [-0.1, -0.05) is 19.0 Å². The zero-order valence-electron chi connectivity index (χ0n) is 14.8. The molecule has 23 heavy (non-hydrogen) atoms. The highest BCUT2D eigenvalue weighted by molar-refractivity contribution is 5.80. The van der Waals surface area contributed by atoms with Crippen LogP contribution in [0.4, 0.5) is 0 Å². The van der Waals surface area contributed by atoms with Crippen molar-refractivity contribution in [1.82, 2.24) is 20.8 Å². The summed E-state index contributed by atoms with van der Waals surface area (Å²) in [4.78, 5) is 8.49. The van der Waals surface area contributed by atoms with Gasteiger partial charge in [0, 0.05) is 32.0 Å². The number of aromatic nitrogens is 2. The molecule has 1 fully saturated rings. The number of aryl methyl sites for hydroxylation is 1. The zero-order valence-corrected chi connectivity index (χ0v) is 14.8. The van der Waals surface area contributed by atoms with Crippen LogP contribution in [-0.4, -0.2) is 41.9 Å². The molecule has 7 nitrogen and oxygen atoms in total. The van der Waals surface area contributed by atoms with Crippen molar-refractivity contribution in [1.29, 1.82) is 0 Å². The zero-order chi connectivity index (χ0) is 16.9. The minimum absolute atomic E-state index is 0.177. The lowest BCUT2D eigenvalue weighted by atomic mass is 9.58. The average molecular weight is 323 g/mol. The van der Waals surface area contributed by atoms with Gasteiger partial charge in [0.1, 0.15) is 0 Å². The molecule has 2 N–H and O–H groups in total. The van der Waals surface area contributed by atoms with Crippen LogP contribution in [0.1, 0.15) is 51.7 Å². The Morgan fingerprint density at radius 1 is 1.39 bits per heavy atom. The number of nitrogens with one attached hydrogen (secondary N) is 2. The van der Waals surface area contributed by atoms with Crippen LogP contribution in [0.3, 0.4) is 0 Å². The lowest BCUT2D eigenvalue weighted by Crippen LogP contribution is -2.65. The van der Waals surface area contributed by atoms with Gasteiger partial charge in [-0.05, 0) is 26.2 Å². The maximum Gasteiger partial charge on any atom is 0.223 e. The molecule has 0 aromatic carbocycles. The van der Waals surface area contributed by atoms with Crippen LogP contribution in [0.5, 0.6) is 0 Å². The molecule has 0 radical (unpaired) electrons. The van der Waals surface area contributed by atoms with Crippen molar-refractivity contribution in [3.63, 3.8) is 0 Å². The molecule has 1 aromatic rings. The molecule has 1 aliphatic carbocycles. The summed E-state index contributed by atoms with van der Waals surface area (Å²) < 4.78 is 10.9. The van der Waals surface area contributed by atoms with Crippen LogP contribution in [0.15, 0.2) is 9.52 Å². The van der Waals surface area contributed by atoms with Crippen molar-refractivity contribution in [2.45, 2.75) is 65.6 Å². The first-order valence-electron chi connectivity index (χ1n) is 8.47. The molecule has 0 amide bonds. The topological polar surface area (TPSA) is 84.6 Å². The smallest absolute Gasteiger partial charge is 0.223 e. The first-order valence-corrected chi connectivity index (χ1v) is 8.47. The monoisotopic (exact) mass is 323 g/mol. The van der Waals surface area contributed by atoms with E-state index in [1.807, 2.05) is 0 Å². The Morgan fingerprint density at radius 2 is 2.13 bits per heavy atom. The first-order chi connectivity index (χ1) is 11.1. The van der Waals surface area contributed by atoms with E-state index >= 15 is 0 Å². The standard InChI is InChI=1S/C16H29N5O2/c1-6-16(7-2)12(9-13(16)22-8-3)20-15(17-5)18-10-14-19-11(4)23-21-14/h12-13H,6-10H2,1-5H3,(H2,17,18,20)/t12-,13-/m1/s1. The van der Waals surface area contributed by atoms with Gasteiger partial charge in [0.05, 0.1) is 12.6 Å². The molecular weight excluding hydrogens is 294 g/mol. The summed E-state index contributed by atoms with van der Waals surface area (Å²) in [5, 5.41) is 10.7. The van der Waals surface area contributed by atoms with E-state index in [1.165, 1.54) is 0 Å². The van der Waals surface area contributed by atoms with Crippen molar-refractivity contribution >= 4 is 5.96 Å². The second-order valence-corrected chi connectivity index (χ2v) is 5.97. The fourth-order valence-electron chi connectivity index (χ4n) is 3.52. The van der Waals surface area contributed by atoms with Crippen LogP contribution in [0.25, 0.3) is 0 Å². The highest BCUT2D eigenvalue weighted by Gasteiger charge is 2.53. The van der Waals surface area contributed by atoms with E-state index in [1.54, 1.807) is 14.0 Å². The van der Waals surface area contributed by atoms with Crippen molar-refractivity contribution < 1.29 is 9.26 Å². The highest BCUT2D eigenvalue weighted by atomic mass is 16.5. The average Bonchev–Trinajstić information content (AvgIpc) is 2.96. The van der Waals surface area contributed by atoms with E-state index in [4.69, 9.17) is 9.26 Å². The van der Waals surface area contributed by atoms with Crippen molar-refractivity contribution in [2.75, 3.05) is 13.7 Å². The van der Waals surface area contributed by atoms with E-state index < -0.39 is 0 Å². The molecule has 0 bridgehead atoms. The molecule has 2 atom stereocenters. The Morgan fingerprint density at radius 3 is 2.65 bits per heavy atom. The van der Waals surface area contributed by atoms with E-state index in [2.05, 4.69) is 46.5 Å². The van der Waals surface area contributed by atoms with Crippen LogP contribution >= 0.6 is 0 Å². The van der Waals surface area contributed by atoms with Crippen molar-refractivity contribution in [3.05, 3.63) is 11.7 Å². The molecule has 1 saturated carbocycles. The number of guanidine groups is 1. The Labute approximate surface area is 138 Å². The minimum Gasteiger partial charge on any atom is -0.378 e. The predicted octanol–water partition coefficient (Wildman–Crippen LogP) is 2.03. The molecule has 0 spiro atoms. The Balaban J connectivity index is 1.93. The molecule has 0 saturated heterocycles. The SMILES string of the molecule is CCO[C@@H]1C[C@@H](NC(=NC)NCc2noc(C)n2)C1(CC)CC. The second-order valence-electron chi connectivity index (χ2n) is 5.97. The molecule has 1 aliphatic rings. The normalized spacial score (nSPS) is 23.4. The number of nitrogens with zero attached hydrogens (tertiary/aromatic N) is 3.